The van der Waals surface area contributed by atoms with Gasteiger partial charge in [0.05, 0.1) is 28.6 Å². The van der Waals surface area contributed by atoms with E-state index in [-0.39, 0.29) is 18.5 Å². The third-order valence-corrected chi connectivity index (χ3v) is 7.50. The van der Waals surface area contributed by atoms with Gasteiger partial charge in [-0.3, -0.25) is 9.78 Å². The first-order valence-electron chi connectivity index (χ1n) is 12.8. The van der Waals surface area contributed by atoms with Crippen LogP contribution in [0.2, 0.25) is 0 Å². The van der Waals surface area contributed by atoms with Gasteiger partial charge in [-0.2, -0.15) is 13.2 Å². The van der Waals surface area contributed by atoms with Gasteiger partial charge in [-0.1, -0.05) is 18.2 Å². The molecule has 194 valence electrons. The Morgan fingerprint density at radius 2 is 1.86 bits per heavy atom. The molecule has 1 saturated heterocycles. The number of hydrogen-bond acceptors (Lipinski definition) is 6. The lowest BCUT2D eigenvalue weighted by atomic mass is 10.1. The normalized spacial score (nSPS) is 20.4. The Labute approximate surface area is 212 Å². The highest BCUT2D eigenvalue weighted by molar-refractivity contribution is 5.93. The van der Waals surface area contributed by atoms with Gasteiger partial charge in [0.2, 0.25) is 5.91 Å². The van der Waals surface area contributed by atoms with E-state index in [0.717, 1.165) is 53.7 Å². The number of amides is 1. The maximum Gasteiger partial charge on any atom is 0.397 e. The molecule has 0 unspecified atom stereocenters. The number of nitrogens with one attached hydrogen (secondary N) is 1. The average molecular weight is 511 g/mol. The Hall–Kier alpha value is -3.56. The molecule has 2 saturated carbocycles. The lowest BCUT2D eigenvalue weighted by Crippen LogP contribution is -2.57. The maximum absolute atomic E-state index is 12.9. The number of pyridine rings is 2. The van der Waals surface area contributed by atoms with E-state index in [1.807, 2.05) is 41.3 Å². The van der Waals surface area contributed by atoms with Crippen LogP contribution in [0, 0.1) is 5.92 Å². The van der Waals surface area contributed by atoms with Crippen molar-refractivity contribution in [3.8, 4) is 0 Å². The van der Waals surface area contributed by atoms with Crippen molar-refractivity contribution in [3.05, 3.63) is 48.3 Å². The number of para-hydroxylation sites is 1. The Morgan fingerprint density at radius 1 is 1.08 bits per heavy atom. The van der Waals surface area contributed by atoms with Crippen molar-refractivity contribution in [1.29, 1.82) is 0 Å². The zero-order valence-electron chi connectivity index (χ0n) is 20.3. The van der Waals surface area contributed by atoms with E-state index in [2.05, 4.69) is 10.3 Å². The number of halogens is 3. The number of nitrogens with two attached hydrogens (primary N) is 1. The molecule has 1 aliphatic heterocycles. The van der Waals surface area contributed by atoms with Crippen LogP contribution in [0.25, 0.3) is 10.9 Å². The van der Waals surface area contributed by atoms with Crippen molar-refractivity contribution < 1.29 is 18.0 Å². The monoisotopic (exact) mass is 510 g/mol. The molecule has 37 heavy (non-hydrogen) atoms. The van der Waals surface area contributed by atoms with Crippen molar-refractivity contribution >= 4 is 39.7 Å². The number of nitrogen functional groups attached to an aromatic ring is 1. The fourth-order valence-corrected chi connectivity index (χ4v) is 5.37. The van der Waals surface area contributed by atoms with E-state index in [1.165, 1.54) is 4.90 Å². The number of rotatable bonds is 6. The van der Waals surface area contributed by atoms with Gasteiger partial charge in [0.15, 0.2) is 5.82 Å². The summed E-state index contributed by atoms with van der Waals surface area (Å²) >= 11 is 0. The standard InChI is InChI=1S/C27H29F3N6O/c28-27(29,30)14-24(37)36-12-11-35(15-23(36)16-5-6-16)26-19(31)13-22(25(34-26)17-7-8-17)33-21-9-10-32-20-4-2-1-3-18(20)21/h1-4,9-10,13,16-17,23H,5-8,11-12,14-15,31H2,(H,32,33)/t23-/m0/s1. The average Bonchev–Trinajstić information content (AvgIpc) is 3.77. The van der Waals surface area contributed by atoms with Gasteiger partial charge in [0.25, 0.3) is 0 Å². The predicted molar refractivity (Wildman–Crippen MR) is 137 cm³/mol. The van der Waals surface area contributed by atoms with Crippen LogP contribution < -0.4 is 16.0 Å². The summed E-state index contributed by atoms with van der Waals surface area (Å²) < 4.78 is 38.7. The highest BCUT2D eigenvalue weighted by atomic mass is 19.4. The van der Waals surface area contributed by atoms with Crippen LogP contribution >= 0.6 is 0 Å². The number of alkyl halides is 3. The molecule has 6 rings (SSSR count). The first-order valence-corrected chi connectivity index (χ1v) is 12.8. The second-order valence-electron chi connectivity index (χ2n) is 10.3. The number of carbonyl (C=O) groups is 1. The van der Waals surface area contributed by atoms with Crippen LogP contribution in [-0.2, 0) is 4.79 Å². The molecule has 3 heterocycles. The molecule has 1 amide bonds. The Balaban J connectivity index is 1.27. The number of hydrogen-bond donors (Lipinski definition) is 2. The lowest BCUT2D eigenvalue weighted by molar-refractivity contribution is -0.163. The van der Waals surface area contributed by atoms with Crippen LogP contribution in [0.4, 0.5) is 36.1 Å². The van der Waals surface area contributed by atoms with Crippen LogP contribution in [0.15, 0.2) is 42.6 Å². The molecule has 7 nitrogen and oxygen atoms in total. The van der Waals surface area contributed by atoms with Gasteiger partial charge in [-0.15, -0.1) is 0 Å². The van der Waals surface area contributed by atoms with Crippen molar-refractivity contribution in [1.82, 2.24) is 14.9 Å². The summed E-state index contributed by atoms with van der Waals surface area (Å²) in [6, 6.07) is 11.5. The number of piperazine rings is 1. The molecule has 3 N–H and O–H groups in total. The minimum atomic E-state index is -4.50. The summed E-state index contributed by atoms with van der Waals surface area (Å²) in [5.41, 5.74) is 10.7. The summed E-state index contributed by atoms with van der Waals surface area (Å²) in [5.74, 6) is 0.377. The number of aromatic nitrogens is 2. The van der Waals surface area contributed by atoms with Gasteiger partial charge >= 0.3 is 6.18 Å². The fraction of sp³-hybridized carbons (Fsp3) is 0.444. The van der Waals surface area contributed by atoms with E-state index >= 15 is 0 Å². The first-order chi connectivity index (χ1) is 17.8. The summed E-state index contributed by atoms with van der Waals surface area (Å²) in [4.78, 5) is 25.4. The summed E-state index contributed by atoms with van der Waals surface area (Å²) in [6.07, 6.45) is -0.202. The summed E-state index contributed by atoms with van der Waals surface area (Å²) in [5, 5.41) is 4.53. The zero-order chi connectivity index (χ0) is 25.7. The molecule has 10 heteroatoms. The molecule has 1 aromatic carbocycles. The Morgan fingerprint density at radius 3 is 2.59 bits per heavy atom. The van der Waals surface area contributed by atoms with Crippen LogP contribution in [0.5, 0.6) is 0 Å². The predicted octanol–water partition coefficient (Wildman–Crippen LogP) is 5.21. The van der Waals surface area contributed by atoms with Crippen LogP contribution in [0.3, 0.4) is 0 Å². The van der Waals surface area contributed by atoms with Gasteiger partial charge in [0.1, 0.15) is 6.42 Å². The smallest absolute Gasteiger partial charge is 0.396 e. The van der Waals surface area contributed by atoms with E-state index in [4.69, 9.17) is 10.7 Å². The fourth-order valence-electron chi connectivity index (χ4n) is 5.37. The SMILES string of the molecule is Nc1cc(Nc2ccnc3ccccc23)c(C2CC2)nc1N1CCN(C(=O)CC(F)(F)F)[C@H](C2CC2)C1. The molecule has 0 radical (unpaired) electrons. The number of fused-ring (bicyclic) bond motifs is 1. The molecule has 0 bridgehead atoms. The van der Waals surface area contributed by atoms with Gasteiger partial charge in [0, 0.05) is 42.8 Å². The maximum atomic E-state index is 12.9. The number of benzene rings is 1. The quantitative estimate of drug-likeness (QED) is 0.473. The largest absolute Gasteiger partial charge is 0.397 e. The molecule has 0 spiro atoms. The number of carbonyl (C=O) groups excluding carboxylic acids is 1. The van der Waals surface area contributed by atoms with Crippen molar-refractivity contribution in [2.75, 3.05) is 35.6 Å². The zero-order valence-corrected chi connectivity index (χ0v) is 20.3. The molecule has 2 aromatic heterocycles. The van der Waals surface area contributed by atoms with E-state index < -0.39 is 18.5 Å². The second kappa shape index (κ2) is 9.08. The summed E-state index contributed by atoms with van der Waals surface area (Å²) in [6.45, 7) is 1.08. The Bertz CT molecular complexity index is 1330. The van der Waals surface area contributed by atoms with Crippen LogP contribution in [-0.4, -0.2) is 52.6 Å². The van der Waals surface area contributed by atoms with Gasteiger partial charge < -0.3 is 20.9 Å². The van der Waals surface area contributed by atoms with Gasteiger partial charge in [-0.25, -0.2) is 4.98 Å². The van der Waals surface area contributed by atoms with E-state index in [9.17, 15) is 18.0 Å². The molecular formula is C27H29F3N6O. The minimum absolute atomic E-state index is 0.227. The molecule has 3 aromatic rings. The number of nitrogens with zero attached hydrogens (tertiary/aromatic N) is 4. The lowest BCUT2D eigenvalue weighted by Gasteiger charge is -2.43. The van der Waals surface area contributed by atoms with Crippen molar-refractivity contribution in [3.63, 3.8) is 0 Å². The number of anilines is 4. The van der Waals surface area contributed by atoms with Crippen molar-refractivity contribution in [2.45, 2.75) is 50.2 Å². The first kappa shape index (κ1) is 23.8. The Kier molecular flexibility index (Phi) is 5.84. The molecular weight excluding hydrogens is 481 g/mol. The molecule has 3 fully saturated rings. The highest BCUT2D eigenvalue weighted by Gasteiger charge is 2.44. The third kappa shape index (κ3) is 5.01. The van der Waals surface area contributed by atoms with Gasteiger partial charge in [-0.05, 0) is 49.8 Å². The molecule has 1 atom stereocenters. The van der Waals surface area contributed by atoms with Crippen LogP contribution in [0.1, 0.15) is 43.7 Å². The molecule has 2 aliphatic carbocycles. The van der Waals surface area contributed by atoms with Crippen molar-refractivity contribution in [2.24, 2.45) is 5.92 Å². The topological polar surface area (TPSA) is 87.4 Å². The highest BCUT2D eigenvalue weighted by Crippen LogP contribution is 2.46. The second-order valence-corrected chi connectivity index (χ2v) is 10.3. The van der Waals surface area contributed by atoms with E-state index in [1.54, 1.807) is 6.20 Å². The molecule has 3 aliphatic rings. The van der Waals surface area contributed by atoms with E-state index in [0.29, 0.717) is 30.5 Å². The minimum Gasteiger partial charge on any atom is -0.396 e. The third-order valence-electron chi connectivity index (χ3n) is 7.50. The summed E-state index contributed by atoms with van der Waals surface area (Å²) in [7, 11) is 0.